The van der Waals surface area contributed by atoms with Crippen LogP contribution in [-0.4, -0.2) is 17.4 Å². The normalized spacial score (nSPS) is 9.88. The first-order valence-corrected chi connectivity index (χ1v) is 5.71. The summed E-state index contributed by atoms with van der Waals surface area (Å²) in [5.41, 5.74) is 1.77. The second-order valence-electron chi connectivity index (χ2n) is 4.20. The van der Waals surface area contributed by atoms with Crippen molar-refractivity contribution in [3.63, 3.8) is 0 Å². The Hall–Kier alpha value is -1.64. The minimum Gasteiger partial charge on any atom is -0.335 e. The van der Waals surface area contributed by atoms with Gasteiger partial charge in [0.05, 0.1) is 0 Å². The van der Waals surface area contributed by atoms with Crippen molar-refractivity contribution in [2.75, 3.05) is 6.54 Å². The number of rotatable bonds is 4. The molecule has 1 amide bonds. The van der Waals surface area contributed by atoms with Gasteiger partial charge in [0.1, 0.15) is 5.82 Å². The van der Waals surface area contributed by atoms with Crippen molar-refractivity contribution >= 4 is 5.91 Å². The van der Waals surface area contributed by atoms with Gasteiger partial charge < -0.3 is 4.90 Å². The molecule has 0 aliphatic rings. The standard InChI is InChI=1S/C14H18FNO/c1-4-16(14(17)8-11(2)3)10-12-6-5-7-13(15)9-12/h5-9H,4,10H2,1-3H3. The van der Waals surface area contributed by atoms with Crippen LogP contribution in [0.4, 0.5) is 4.39 Å². The molecule has 0 saturated heterocycles. The van der Waals surface area contributed by atoms with Gasteiger partial charge in [0.15, 0.2) is 0 Å². The largest absolute Gasteiger partial charge is 0.335 e. The number of likely N-dealkylation sites (N-methyl/N-ethyl adjacent to an activating group) is 1. The molecule has 0 aliphatic heterocycles. The number of allylic oxidation sites excluding steroid dienone is 1. The van der Waals surface area contributed by atoms with Gasteiger partial charge in [-0.25, -0.2) is 4.39 Å². The predicted molar refractivity (Wildman–Crippen MR) is 66.9 cm³/mol. The lowest BCUT2D eigenvalue weighted by atomic mass is 10.2. The maximum absolute atomic E-state index is 13.0. The number of hydrogen-bond acceptors (Lipinski definition) is 1. The molecule has 0 heterocycles. The number of carbonyl (C=O) groups excluding carboxylic acids is 1. The monoisotopic (exact) mass is 235 g/mol. The second-order valence-corrected chi connectivity index (χ2v) is 4.20. The summed E-state index contributed by atoms with van der Waals surface area (Å²) < 4.78 is 13.0. The molecule has 92 valence electrons. The molecule has 0 saturated carbocycles. The Morgan fingerprint density at radius 2 is 2.12 bits per heavy atom. The van der Waals surface area contributed by atoms with E-state index in [0.717, 1.165) is 11.1 Å². The number of hydrogen-bond donors (Lipinski definition) is 0. The Labute approximate surface area is 102 Å². The molecule has 1 rings (SSSR count). The summed E-state index contributed by atoms with van der Waals surface area (Å²) in [5, 5.41) is 0. The lowest BCUT2D eigenvalue weighted by Crippen LogP contribution is -2.28. The molecule has 0 aliphatic carbocycles. The third-order valence-electron chi connectivity index (χ3n) is 2.37. The van der Waals surface area contributed by atoms with Crippen LogP contribution < -0.4 is 0 Å². The van der Waals surface area contributed by atoms with Gasteiger partial charge >= 0.3 is 0 Å². The van der Waals surface area contributed by atoms with Crippen molar-refractivity contribution in [3.8, 4) is 0 Å². The van der Waals surface area contributed by atoms with Gasteiger partial charge in [-0.05, 0) is 38.5 Å². The van der Waals surface area contributed by atoms with E-state index in [4.69, 9.17) is 0 Å². The number of halogens is 1. The Bertz CT molecular complexity index is 422. The molecule has 0 spiro atoms. The average molecular weight is 235 g/mol. The zero-order valence-corrected chi connectivity index (χ0v) is 10.5. The maximum atomic E-state index is 13.0. The van der Waals surface area contributed by atoms with Gasteiger partial charge in [-0.1, -0.05) is 17.7 Å². The van der Waals surface area contributed by atoms with Crippen molar-refractivity contribution in [3.05, 3.63) is 47.3 Å². The van der Waals surface area contributed by atoms with Crippen LogP contribution in [0.5, 0.6) is 0 Å². The lowest BCUT2D eigenvalue weighted by Gasteiger charge is -2.19. The van der Waals surface area contributed by atoms with Crippen LogP contribution in [0.25, 0.3) is 0 Å². The van der Waals surface area contributed by atoms with E-state index in [-0.39, 0.29) is 11.7 Å². The molecule has 17 heavy (non-hydrogen) atoms. The number of amides is 1. The quantitative estimate of drug-likeness (QED) is 0.734. The van der Waals surface area contributed by atoms with Crippen LogP contribution in [0.1, 0.15) is 26.3 Å². The van der Waals surface area contributed by atoms with Crippen molar-refractivity contribution < 1.29 is 9.18 Å². The molecule has 0 bridgehead atoms. The van der Waals surface area contributed by atoms with E-state index in [2.05, 4.69) is 0 Å². The minimum absolute atomic E-state index is 0.0308. The van der Waals surface area contributed by atoms with Gasteiger partial charge in [0.25, 0.3) is 0 Å². The van der Waals surface area contributed by atoms with E-state index in [0.29, 0.717) is 13.1 Å². The van der Waals surface area contributed by atoms with Crippen molar-refractivity contribution in [1.82, 2.24) is 4.90 Å². The first kappa shape index (κ1) is 13.4. The topological polar surface area (TPSA) is 20.3 Å². The summed E-state index contributed by atoms with van der Waals surface area (Å²) in [6, 6.07) is 6.33. The first-order valence-electron chi connectivity index (χ1n) is 5.71. The van der Waals surface area contributed by atoms with E-state index in [1.54, 1.807) is 17.0 Å². The highest BCUT2D eigenvalue weighted by Crippen LogP contribution is 2.08. The molecule has 0 atom stereocenters. The number of benzene rings is 1. The molecule has 0 aromatic heterocycles. The summed E-state index contributed by atoms with van der Waals surface area (Å²) >= 11 is 0. The van der Waals surface area contributed by atoms with Gasteiger partial charge in [0, 0.05) is 19.2 Å². The zero-order chi connectivity index (χ0) is 12.8. The van der Waals surface area contributed by atoms with Crippen molar-refractivity contribution in [2.24, 2.45) is 0 Å². The van der Waals surface area contributed by atoms with Crippen LogP contribution in [-0.2, 0) is 11.3 Å². The molecule has 1 aromatic rings. The van der Waals surface area contributed by atoms with Gasteiger partial charge in [-0.15, -0.1) is 0 Å². The molecule has 0 N–H and O–H groups in total. The van der Waals surface area contributed by atoms with E-state index < -0.39 is 0 Å². The Morgan fingerprint density at radius 1 is 1.41 bits per heavy atom. The third-order valence-corrected chi connectivity index (χ3v) is 2.37. The first-order chi connectivity index (χ1) is 8.02. The SMILES string of the molecule is CCN(Cc1cccc(F)c1)C(=O)C=C(C)C. The molecule has 3 heteroatoms. The molecule has 0 fully saturated rings. The lowest BCUT2D eigenvalue weighted by molar-refractivity contribution is -0.126. The van der Waals surface area contributed by atoms with Crippen molar-refractivity contribution in [1.29, 1.82) is 0 Å². The van der Waals surface area contributed by atoms with Crippen LogP contribution in [0.3, 0.4) is 0 Å². The van der Waals surface area contributed by atoms with Crippen LogP contribution >= 0.6 is 0 Å². The van der Waals surface area contributed by atoms with Crippen LogP contribution in [0.2, 0.25) is 0 Å². The highest BCUT2D eigenvalue weighted by Gasteiger charge is 2.09. The summed E-state index contributed by atoms with van der Waals surface area (Å²) in [4.78, 5) is 13.5. The summed E-state index contributed by atoms with van der Waals surface area (Å²) in [7, 11) is 0. The summed E-state index contributed by atoms with van der Waals surface area (Å²) in [5.74, 6) is -0.301. The smallest absolute Gasteiger partial charge is 0.246 e. The van der Waals surface area contributed by atoms with Gasteiger partial charge in [0.2, 0.25) is 5.91 Å². The van der Waals surface area contributed by atoms with Crippen LogP contribution in [0.15, 0.2) is 35.9 Å². The number of nitrogens with zero attached hydrogens (tertiary/aromatic N) is 1. The predicted octanol–water partition coefficient (Wildman–Crippen LogP) is 3.14. The minimum atomic E-state index is -0.270. The third kappa shape index (κ3) is 4.39. The van der Waals surface area contributed by atoms with Gasteiger partial charge in [-0.3, -0.25) is 4.79 Å². The fourth-order valence-electron chi connectivity index (χ4n) is 1.54. The maximum Gasteiger partial charge on any atom is 0.246 e. The van der Waals surface area contributed by atoms with Crippen molar-refractivity contribution in [2.45, 2.75) is 27.3 Å². The Balaban J connectivity index is 2.77. The second kappa shape index (κ2) is 6.18. The Kier molecular flexibility index (Phi) is 4.88. The molecular formula is C14H18FNO. The molecule has 2 nitrogen and oxygen atoms in total. The van der Waals surface area contributed by atoms with E-state index in [1.807, 2.05) is 26.8 Å². The van der Waals surface area contributed by atoms with E-state index in [9.17, 15) is 9.18 Å². The fraction of sp³-hybridized carbons (Fsp3) is 0.357. The zero-order valence-electron chi connectivity index (χ0n) is 10.5. The van der Waals surface area contributed by atoms with Crippen LogP contribution in [0, 0.1) is 5.82 Å². The Morgan fingerprint density at radius 3 is 2.65 bits per heavy atom. The molecule has 1 aromatic carbocycles. The number of carbonyl (C=O) groups is 1. The molecule has 0 unspecified atom stereocenters. The fourth-order valence-corrected chi connectivity index (χ4v) is 1.54. The summed E-state index contributed by atoms with van der Waals surface area (Å²) in [6.07, 6.45) is 1.60. The average Bonchev–Trinajstić information content (AvgIpc) is 2.24. The summed E-state index contributed by atoms with van der Waals surface area (Å²) in [6.45, 7) is 6.73. The molecule has 0 radical (unpaired) electrons. The van der Waals surface area contributed by atoms with E-state index >= 15 is 0 Å². The highest BCUT2D eigenvalue weighted by molar-refractivity contribution is 5.88. The highest BCUT2D eigenvalue weighted by atomic mass is 19.1. The van der Waals surface area contributed by atoms with Gasteiger partial charge in [-0.2, -0.15) is 0 Å². The molecular weight excluding hydrogens is 217 g/mol. The van der Waals surface area contributed by atoms with E-state index in [1.165, 1.54) is 12.1 Å².